The van der Waals surface area contributed by atoms with E-state index in [0.29, 0.717) is 24.4 Å². The van der Waals surface area contributed by atoms with Gasteiger partial charge in [0.1, 0.15) is 5.75 Å². The highest BCUT2D eigenvalue weighted by molar-refractivity contribution is 9.10. The lowest BCUT2D eigenvalue weighted by molar-refractivity contribution is -0.135. The summed E-state index contributed by atoms with van der Waals surface area (Å²) in [5.74, 6) is 1.71. The minimum Gasteiger partial charge on any atom is -0.484 e. The number of hydrogen-bond acceptors (Lipinski definition) is 4. The molecule has 2 aliphatic rings. The van der Waals surface area contributed by atoms with Crippen molar-refractivity contribution in [1.82, 2.24) is 9.80 Å². The van der Waals surface area contributed by atoms with Crippen LogP contribution in [0.2, 0.25) is 0 Å². The topological polar surface area (TPSA) is 49.9 Å². The Morgan fingerprint density at radius 1 is 1.00 bits per heavy atom. The Bertz CT molecular complexity index is 867. The molecule has 0 bridgehead atoms. The number of halogens is 1. The number of carbonyl (C=O) groups is 2. The zero-order valence-electron chi connectivity index (χ0n) is 16.1. The van der Waals surface area contributed by atoms with Gasteiger partial charge in [-0.25, -0.2) is 0 Å². The predicted octanol–water partition coefficient (Wildman–Crippen LogP) is 4.04. The summed E-state index contributed by atoms with van der Waals surface area (Å²) in [6.45, 7) is 2.10. The van der Waals surface area contributed by atoms with Gasteiger partial charge in [0, 0.05) is 35.4 Å². The Morgan fingerprint density at radius 3 is 2.38 bits per heavy atom. The normalized spacial score (nSPS) is 18.1. The van der Waals surface area contributed by atoms with Gasteiger partial charge in [-0.3, -0.25) is 9.59 Å². The minimum absolute atomic E-state index is 0.00233. The molecular weight excluding hydrogens is 452 g/mol. The molecule has 1 spiro atoms. The van der Waals surface area contributed by atoms with Crippen molar-refractivity contribution >= 4 is 39.5 Å². The summed E-state index contributed by atoms with van der Waals surface area (Å²) in [4.78, 5) is 29.3. The van der Waals surface area contributed by atoms with Crippen molar-refractivity contribution in [2.24, 2.45) is 0 Å². The van der Waals surface area contributed by atoms with Gasteiger partial charge in [-0.2, -0.15) is 0 Å². The average molecular weight is 475 g/mol. The van der Waals surface area contributed by atoms with Gasteiger partial charge in [-0.05, 0) is 49.2 Å². The largest absolute Gasteiger partial charge is 0.484 e. The molecule has 2 saturated heterocycles. The number of thioether (sulfide) groups is 1. The molecule has 0 aliphatic carbocycles. The number of likely N-dealkylation sites (tertiary alicyclic amines) is 1. The molecule has 4 rings (SSSR count). The number of amides is 2. The van der Waals surface area contributed by atoms with Crippen LogP contribution in [0.15, 0.2) is 59.1 Å². The quantitative estimate of drug-likeness (QED) is 0.670. The molecule has 0 atom stereocenters. The monoisotopic (exact) mass is 474 g/mol. The molecule has 0 unspecified atom stereocenters. The van der Waals surface area contributed by atoms with Gasteiger partial charge in [0.15, 0.2) is 6.61 Å². The summed E-state index contributed by atoms with van der Waals surface area (Å²) in [5.41, 5.74) is 0.713. The van der Waals surface area contributed by atoms with Crippen molar-refractivity contribution in [3.63, 3.8) is 0 Å². The third kappa shape index (κ3) is 4.46. The number of hydrogen-bond donors (Lipinski definition) is 0. The van der Waals surface area contributed by atoms with E-state index in [1.165, 1.54) is 0 Å². The van der Waals surface area contributed by atoms with Gasteiger partial charge in [0.05, 0.1) is 4.87 Å². The Balaban J connectivity index is 1.36. The first-order valence-corrected chi connectivity index (χ1v) is 11.5. The van der Waals surface area contributed by atoms with Gasteiger partial charge in [0.25, 0.3) is 11.8 Å². The second kappa shape index (κ2) is 8.79. The van der Waals surface area contributed by atoms with Crippen LogP contribution in [0.4, 0.5) is 0 Å². The van der Waals surface area contributed by atoms with Crippen LogP contribution in [0.25, 0.3) is 0 Å². The summed E-state index contributed by atoms with van der Waals surface area (Å²) < 4.78 is 6.56. The maximum Gasteiger partial charge on any atom is 0.260 e. The van der Waals surface area contributed by atoms with E-state index in [4.69, 9.17) is 4.74 Å². The molecule has 0 radical (unpaired) electrons. The fourth-order valence-electron chi connectivity index (χ4n) is 3.92. The molecule has 2 aromatic rings. The lowest BCUT2D eigenvalue weighted by Crippen LogP contribution is -2.54. The smallest absolute Gasteiger partial charge is 0.260 e. The maximum absolute atomic E-state index is 13.1. The van der Waals surface area contributed by atoms with Crippen LogP contribution >= 0.6 is 27.7 Å². The van der Waals surface area contributed by atoms with Crippen LogP contribution in [0, 0.1) is 0 Å². The van der Waals surface area contributed by atoms with Crippen molar-refractivity contribution in [2.75, 3.05) is 32.0 Å². The van der Waals surface area contributed by atoms with Crippen LogP contribution in [0.1, 0.15) is 23.2 Å². The van der Waals surface area contributed by atoms with E-state index in [-0.39, 0.29) is 23.3 Å². The molecule has 29 heavy (non-hydrogen) atoms. The predicted molar refractivity (Wildman–Crippen MR) is 118 cm³/mol. The number of benzene rings is 2. The van der Waals surface area contributed by atoms with E-state index in [1.54, 1.807) is 0 Å². The van der Waals surface area contributed by atoms with Crippen LogP contribution in [0.5, 0.6) is 5.75 Å². The minimum atomic E-state index is -0.207. The van der Waals surface area contributed by atoms with Gasteiger partial charge >= 0.3 is 0 Å². The van der Waals surface area contributed by atoms with Crippen molar-refractivity contribution in [3.8, 4) is 5.75 Å². The highest BCUT2D eigenvalue weighted by atomic mass is 79.9. The maximum atomic E-state index is 13.1. The Kier molecular flexibility index (Phi) is 6.15. The molecule has 2 fully saturated rings. The fraction of sp³-hybridized carbons (Fsp3) is 0.364. The van der Waals surface area contributed by atoms with Crippen molar-refractivity contribution in [3.05, 3.63) is 64.6 Å². The zero-order valence-corrected chi connectivity index (χ0v) is 18.5. The molecule has 5 nitrogen and oxygen atoms in total. The highest BCUT2D eigenvalue weighted by Crippen LogP contribution is 2.44. The van der Waals surface area contributed by atoms with Crippen molar-refractivity contribution in [2.45, 2.75) is 17.7 Å². The van der Waals surface area contributed by atoms with E-state index in [2.05, 4.69) is 15.9 Å². The third-order valence-corrected chi connectivity index (χ3v) is 7.60. The van der Waals surface area contributed by atoms with Crippen molar-refractivity contribution < 1.29 is 14.3 Å². The Morgan fingerprint density at radius 2 is 1.69 bits per heavy atom. The van der Waals surface area contributed by atoms with Crippen LogP contribution in [-0.4, -0.2) is 58.5 Å². The van der Waals surface area contributed by atoms with E-state index >= 15 is 0 Å². The molecule has 0 aromatic heterocycles. The van der Waals surface area contributed by atoms with E-state index in [1.807, 2.05) is 76.2 Å². The van der Waals surface area contributed by atoms with Crippen molar-refractivity contribution in [1.29, 1.82) is 0 Å². The van der Waals surface area contributed by atoms with Gasteiger partial charge < -0.3 is 14.5 Å². The molecule has 2 heterocycles. The molecule has 2 aromatic carbocycles. The molecule has 2 amide bonds. The van der Waals surface area contributed by atoms with Crippen LogP contribution in [-0.2, 0) is 4.79 Å². The summed E-state index contributed by atoms with van der Waals surface area (Å²) in [5, 5.41) is 0. The first kappa shape index (κ1) is 20.3. The third-order valence-electron chi connectivity index (χ3n) is 5.52. The van der Waals surface area contributed by atoms with Crippen LogP contribution in [0.3, 0.4) is 0 Å². The zero-order chi connectivity index (χ0) is 20.3. The van der Waals surface area contributed by atoms with Crippen LogP contribution < -0.4 is 4.74 Å². The lowest BCUT2D eigenvalue weighted by atomic mass is 10.0. The first-order chi connectivity index (χ1) is 14.1. The van der Waals surface area contributed by atoms with Gasteiger partial charge in [-0.1, -0.05) is 34.1 Å². The second-order valence-corrected chi connectivity index (χ2v) is 9.61. The summed E-state index contributed by atoms with van der Waals surface area (Å²) in [6.07, 6.45) is 1.58. The fourth-order valence-corrected chi connectivity index (χ4v) is 5.64. The molecular formula is C22H23BrN2O3S. The number of ether oxygens (including phenoxy) is 1. The Hall–Kier alpha value is -1.99. The Labute approximate surface area is 183 Å². The first-order valence-electron chi connectivity index (χ1n) is 9.75. The molecule has 2 aliphatic heterocycles. The van der Waals surface area contributed by atoms with E-state index < -0.39 is 0 Å². The number of rotatable bonds is 4. The van der Waals surface area contributed by atoms with E-state index in [0.717, 1.165) is 29.6 Å². The SMILES string of the molecule is O=C(COc1ccccc1)N1CCC2(CC1)SCCN2C(=O)c1ccc(Br)cc1. The summed E-state index contributed by atoms with van der Waals surface area (Å²) in [6, 6.07) is 16.9. The molecule has 0 saturated carbocycles. The number of nitrogens with zero attached hydrogens (tertiary/aromatic N) is 2. The number of piperidine rings is 1. The van der Waals surface area contributed by atoms with Gasteiger partial charge in [0.2, 0.25) is 0 Å². The second-order valence-electron chi connectivity index (χ2n) is 7.24. The standard InChI is InChI=1S/C22H23BrN2O3S/c23-18-8-6-17(7-9-18)21(27)25-14-15-29-22(25)10-12-24(13-11-22)20(26)16-28-19-4-2-1-3-5-19/h1-9H,10-16H2. The molecule has 152 valence electrons. The number of carbonyl (C=O) groups excluding carboxylic acids is 2. The summed E-state index contributed by atoms with van der Waals surface area (Å²) in [7, 11) is 0. The molecule has 0 N–H and O–H groups in total. The molecule has 7 heteroatoms. The van der Waals surface area contributed by atoms with Gasteiger partial charge in [-0.15, -0.1) is 11.8 Å². The lowest BCUT2D eigenvalue weighted by Gasteiger charge is -2.44. The highest BCUT2D eigenvalue weighted by Gasteiger charge is 2.47. The average Bonchev–Trinajstić information content (AvgIpc) is 3.16. The summed E-state index contributed by atoms with van der Waals surface area (Å²) >= 11 is 5.27. The number of para-hydroxylation sites is 1. The van der Waals surface area contributed by atoms with E-state index in [9.17, 15) is 9.59 Å².